The first-order valence-electron chi connectivity index (χ1n) is 12.8. The van der Waals surface area contributed by atoms with Crippen molar-refractivity contribution in [2.75, 3.05) is 22.6 Å². The molecule has 1 aliphatic rings. The largest absolute Gasteiger partial charge is 0.443 e. The Bertz CT molecular complexity index is 1570. The van der Waals surface area contributed by atoms with Gasteiger partial charge in [-0.1, -0.05) is 29.3 Å². The van der Waals surface area contributed by atoms with Crippen LogP contribution in [0.1, 0.15) is 48.2 Å². The Morgan fingerprint density at radius 3 is 2.26 bits per heavy atom. The van der Waals surface area contributed by atoms with E-state index in [-0.39, 0.29) is 15.6 Å². The molecule has 0 saturated heterocycles. The van der Waals surface area contributed by atoms with Crippen LogP contribution in [-0.4, -0.2) is 34.9 Å². The third-order valence-corrected chi connectivity index (χ3v) is 8.19. The van der Waals surface area contributed by atoms with Gasteiger partial charge in [-0.2, -0.15) is 0 Å². The smallest absolute Gasteiger partial charge is 0.414 e. The second-order valence-electron chi connectivity index (χ2n) is 11.0. The zero-order chi connectivity index (χ0) is 31.1. The van der Waals surface area contributed by atoms with E-state index in [0.717, 1.165) is 0 Å². The zero-order valence-electron chi connectivity index (χ0n) is 23.3. The van der Waals surface area contributed by atoms with Gasteiger partial charge in [0.05, 0.1) is 21.5 Å². The number of nitrogens with one attached hydrogen (secondary N) is 2. The van der Waals surface area contributed by atoms with Gasteiger partial charge in [-0.15, -0.1) is 23.2 Å². The van der Waals surface area contributed by atoms with Gasteiger partial charge in [0.15, 0.2) is 0 Å². The SMILES string of the molecule is Cc1cc(N(C)C(=O)OC(C)(C)C)ccc1NC(=O)c1cc(NC(=O)C2C(c3ccc(F)c(Cl)c3)C2(Cl)Cl)ccc1Cl. The van der Waals surface area contributed by atoms with E-state index in [4.69, 9.17) is 51.1 Å². The molecule has 0 radical (unpaired) electrons. The Morgan fingerprint density at radius 1 is 0.952 bits per heavy atom. The average Bonchev–Trinajstić information content (AvgIpc) is 3.48. The van der Waals surface area contributed by atoms with Gasteiger partial charge in [-0.05, 0) is 87.4 Å². The molecule has 0 bridgehead atoms. The van der Waals surface area contributed by atoms with Crippen LogP contribution in [0.5, 0.6) is 0 Å². The van der Waals surface area contributed by atoms with Gasteiger partial charge in [0, 0.05) is 30.0 Å². The first-order chi connectivity index (χ1) is 19.5. The lowest BCUT2D eigenvalue weighted by molar-refractivity contribution is -0.117. The molecule has 4 rings (SSSR count). The van der Waals surface area contributed by atoms with Crippen molar-refractivity contribution in [1.82, 2.24) is 0 Å². The summed E-state index contributed by atoms with van der Waals surface area (Å²) in [6, 6.07) is 13.6. The van der Waals surface area contributed by atoms with Gasteiger partial charge in [-0.25, -0.2) is 9.18 Å². The number of anilines is 3. The highest BCUT2D eigenvalue weighted by molar-refractivity contribution is 6.53. The third kappa shape index (κ3) is 6.94. The quantitative estimate of drug-likeness (QED) is 0.261. The van der Waals surface area contributed by atoms with Gasteiger partial charge in [0.1, 0.15) is 15.8 Å². The zero-order valence-corrected chi connectivity index (χ0v) is 26.3. The van der Waals surface area contributed by atoms with E-state index in [1.165, 1.54) is 35.2 Å². The van der Waals surface area contributed by atoms with Crippen LogP contribution in [0.4, 0.5) is 26.2 Å². The Labute approximate surface area is 263 Å². The summed E-state index contributed by atoms with van der Waals surface area (Å²) in [5, 5.41) is 5.60. The van der Waals surface area contributed by atoms with Crippen LogP contribution in [0.3, 0.4) is 0 Å². The molecular formula is C30H28Cl4FN3O4. The molecule has 3 aromatic carbocycles. The summed E-state index contributed by atoms with van der Waals surface area (Å²) in [6.07, 6.45) is -0.510. The van der Waals surface area contributed by atoms with Crippen LogP contribution in [0.15, 0.2) is 54.6 Å². The van der Waals surface area contributed by atoms with Gasteiger partial charge < -0.3 is 15.4 Å². The van der Waals surface area contributed by atoms with Crippen molar-refractivity contribution in [3.63, 3.8) is 0 Å². The highest BCUT2D eigenvalue weighted by Gasteiger charge is 2.67. The number of benzene rings is 3. The predicted molar refractivity (Wildman–Crippen MR) is 166 cm³/mol. The summed E-state index contributed by atoms with van der Waals surface area (Å²) in [5.41, 5.74) is 2.07. The number of halogens is 5. The Kier molecular flexibility index (Phi) is 9.05. The molecule has 0 heterocycles. The number of ether oxygens (including phenoxy) is 1. The van der Waals surface area contributed by atoms with Crippen molar-refractivity contribution in [2.45, 2.75) is 43.5 Å². The summed E-state index contributed by atoms with van der Waals surface area (Å²) in [4.78, 5) is 40.0. The summed E-state index contributed by atoms with van der Waals surface area (Å²) in [6.45, 7) is 7.13. The molecular weight excluding hydrogens is 627 g/mol. The van der Waals surface area contributed by atoms with E-state index >= 15 is 0 Å². The fraction of sp³-hybridized carbons (Fsp3) is 0.300. The molecule has 0 aromatic heterocycles. The van der Waals surface area contributed by atoms with Crippen LogP contribution >= 0.6 is 46.4 Å². The molecule has 2 atom stereocenters. The number of carbonyl (C=O) groups excluding carboxylic acids is 3. The van der Waals surface area contributed by atoms with E-state index in [1.807, 2.05) is 0 Å². The summed E-state index contributed by atoms with van der Waals surface area (Å²) in [5.74, 6) is -3.03. The molecule has 3 amide bonds. The molecule has 3 aromatic rings. The van der Waals surface area contributed by atoms with Gasteiger partial charge >= 0.3 is 6.09 Å². The average molecular weight is 655 g/mol. The second-order valence-corrected chi connectivity index (χ2v) is 13.2. The summed E-state index contributed by atoms with van der Waals surface area (Å²) in [7, 11) is 1.60. The molecule has 2 N–H and O–H groups in total. The lowest BCUT2D eigenvalue weighted by atomic mass is 10.1. The van der Waals surface area contributed by atoms with E-state index in [9.17, 15) is 18.8 Å². The van der Waals surface area contributed by atoms with E-state index in [2.05, 4.69) is 10.6 Å². The molecule has 1 aliphatic carbocycles. The van der Waals surface area contributed by atoms with Crippen molar-refractivity contribution in [2.24, 2.45) is 5.92 Å². The van der Waals surface area contributed by atoms with Crippen molar-refractivity contribution in [3.8, 4) is 0 Å². The highest BCUT2D eigenvalue weighted by atomic mass is 35.5. The number of carbonyl (C=O) groups is 3. The number of alkyl halides is 2. The van der Waals surface area contributed by atoms with Crippen LogP contribution in [-0.2, 0) is 9.53 Å². The minimum absolute atomic E-state index is 0.101. The monoisotopic (exact) mass is 653 g/mol. The molecule has 0 aliphatic heterocycles. The second kappa shape index (κ2) is 11.9. The van der Waals surface area contributed by atoms with Gasteiger partial charge in [0.2, 0.25) is 5.91 Å². The number of hydrogen-bond acceptors (Lipinski definition) is 4. The molecule has 1 fully saturated rings. The van der Waals surface area contributed by atoms with Gasteiger partial charge in [0.25, 0.3) is 5.91 Å². The molecule has 0 spiro atoms. The lowest BCUT2D eigenvalue weighted by Crippen LogP contribution is -2.34. The maximum absolute atomic E-state index is 13.6. The first-order valence-corrected chi connectivity index (χ1v) is 14.3. The van der Waals surface area contributed by atoms with Crippen molar-refractivity contribution in [1.29, 1.82) is 0 Å². The van der Waals surface area contributed by atoms with Crippen molar-refractivity contribution in [3.05, 3.63) is 87.2 Å². The molecule has 12 heteroatoms. The molecule has 1 saturated carbocycles. The summed E-state index contributed by atoms with van der Waals surface area (Å²) >= 11 is 25.0. The highest BCUT2D eigenvalue weighted by Crippen LogP contribution is 2.65. The molecule has 7 nitrogen and oxygen atoms in total. The van der Waals surface area contributed by atoms with E-state index in [0.29, 0.717) is 28.2 Å². The minimum Gasteiger partial charge on any atom is -0.443 e. The normalized spacial score (nSPS) is 17.3. The Morgan fingerprint density at radius 2 is 1.64 bits per heavy atom. The maximum Gasteiger partial charge on any atom is 0.414 e. The third-order valence-electron chi connectivity index (χ3n) is 6.63. The number of rotatable bonds is 6. The van der Waals surface area contributed by atoms with Crippen molar-refractivity contribution >= 4 is 81.4 Å². The minimum atomic E-state index is -1.42. The van der Waals surface area contributed by atoms with Crippen LogP contribution in [0, 0.1) is 18.7 Å². The predicted octanol–water partition coefficient (Wildman–Crippen LogP) is 8.59. The van der Waals surface area contributed by atoms with Gasteiger partial charge in [-0.3, -0.25) is 14.5 Å². The standard InChI is InChI=1S/C30H28Cl4FN3O4/c1-15-12-18(38(5)28(41)42-29(2,3)4)8-11-23(15)37-26(39)19-14-17(7-9-20(19)31)36-27(40)25-24(30(25,33)34)16-6-10-22(35)21(32)13-16/h6-14,24-25H,1-5H3,(H,36,40)(H,37,39). The lowest BCUT2D eigenvalue weighted by Gasteiger charge is -2.25. The maximum atomic E-state index is 13.6. The Balaban J connectivity index is 1.46. The van der Waals surface area contributed by atoms with Crippen LogP contribution in [0.2, 0.25) is 10.0 Å². The van der Waals surface area contributed by atoms with E-state index < -0.39 is 45.5 Å². The fourth-order valence-electron chi connectivity index (χ4n) is 4.39. The molecule has 222 valence electrons. The van der Waals surface area contributed by atoms with Crippen LogP contribution < -0.4 is 15.5 Å². The first kappa shape index (κ1) is 31.9. The number of aryl methyl sites for hydroxylation is 1. The number of nitrogens with zero attached hydrogens (tertiary/aromatic N) is 1. The molecule has 42 heavy (non-hydrogen) atoms. The van der Waals surface area contributed by atoms with E-state index in [1.54, 1.807) is 59.0 Å². The number of amides is 3. The molecule has 2 unspecified atom stereocenters. The van der Waals surface area contributed by atoms with Crippen molar-refractivity contribution < 1.29 is 23.5 Å². The number of hydrogen-bond donors (Lipinski definition) is 2. The topological polar surface area (TPSA) is 87.7 Å². The van der Waals surface area contributed by atoms with Crippen LogP contribution in [0.25, 0.3) is 0 Å². The fourth-order valence-corrected chi connectivity index (χ4v) is 5.61. The Hall–Kier alpha value is -3.04. The summed E-state index contributed by atoms with van der Waals surface area (Å²) < 4.78 is 17.6.